The quantitative estimate of drug-likeness (QED) is 0.833. The van der Waals surface area contributed by atoms with Crippen LogP contribution in [0.5, 0.6) is 0 Å². The molecule has 0 spiro atoms. The summed E-state index contributed by atoms with van der Waals surface area (Å²) in [6.45, 7) is 6.74. The van der Waals surface area contributed by atoms with Crippen molar-refractivity contribution in [2.45, 2.75) is 39.0 Å². The second-order valence-electron chi connectivity index (χ2n) is 5.04. The van der Waals surface area contributed by atoms with Gasteiger partial charge in [-0.1, -0.05) is 31.2 Å². The summed E-state index contributed by atoms with van der Waals surface area (Å²) in [6.07, 6.45) is 2.58. The number of nitrogens with one attached hydrogen (secondary N) is 1. The normalized spacial score (nSPS) is 20.3. The number of rotatable bonds is 5. The molecule has 1 saturated heterocycles. The van der Waals surface area contributed by atoms with Gasteiger partial charge in [-0.15, -0.1) is 0 Å². The van der Waals surface area contributed by atoms with E-state index < -0.39 is 0 Å². The van der Waals surface area contributed by atoms with Crippen molar-refractivity contribution >= 4 is 0 Å². The molecule has 1 fully saturated rings. The minimum absolute atomic E-state index is 0.129. The van der Waals surface area contributed by atoms with Crippen LogP contribution in [0.4, 0.5) is 0 Å². The molecule has 1 aliphatic rings. The predicted octanol–water partition coefficient (Wildman–Crippen LogP) is 1.75. The molecule has 0 amide bonds. The molecule has 18 heavy (non-hydrogen) atoms. The lowest BCUT2D eigenvalue weighted by atomic mass is 10.0. The molecule has 1 heterocycles. The van der Waals surface area contributed by atoms with Crippen molar-refractivity contribution in [3.8, 4) is 0 Å². The molecule has 1 aromatic rings. The second kappa shape index (κ2) is 6.88. The van der Waals surface area contributed by atoms with Gasteiger partial charge in [0.15, 0.2) is 0 Å². The molecule has 1 aromatic carbocycles. The van der Waals surface area contributed by atoms with Gasteiger partial charge in [-0.3, -0.25) is 4.90 Å². The smallest absolute Gasteiger partial charge is 0.0681 e. The SMILES string of the molecule is CCN(Cc1ccc(CO)cc1)C1CCCNC1. The number of aliphatic hydroxyl groups excluding tert-OH is 1. The van der Waals surface area contributed by atoms with Crippen LogP contribution in [0.15, 0.2) is 24.3 Å². The fourth-order valence-corrected chi connectivity index (χ4v) is 2.63. The zero-order chi connectivity index (χ0) is 12.8. The van der Waals surface area contributed by atoms with E-state index in [1.807, 2.05) is 12.1 Å². The van der Waals surface area contributed by atoms with Crippen LogP contribution in [0.25, 0.3) is 0 Å². The molecule has 1 aliphatic heterocycles. The molecule has 1 atom stereocenters. The third kappa shape index (κ3) is 3.55. The molecular formula is C15H24N2O. The molecule has 0 radical (unpaired) electrons. The molecule has 100 valence electrons. The van der Waals surface area contributed by atoms with E-state index >= 15 is 0 Å². The van der Waals surface area contributed by atoms with Gasteiger partial charge in [-0.05, 0) is 37.1 Å². The zero-order valence-electron chi connectivity index (χ0n) is 11.2. The summed E-state index contributed by atoms with van der Waals surface area (Å²) in [7, 11) is 0. The van der Waals surface area contributed by atoms with Gasteiger partial charge in [0, 0.05) is 19.1 Å². The van der Waals surface area contributed by atoms with Crippen molar-refractivity contribution < 1.29 is 5.11 Å². The Hall–Kier alpha value is -0.900. The van der Waals surface area contributed by atoms with E-state index in [9.17, 15) is 0 Å². The van der Waals surface area contributed by atoms with Crippen LogP contribution in [0.3, 0.4) is 0 Å². The van der Waals surface area contributed by atoms with Crippen molar-refractivity contribution in [3.63, 3.8) is 0 Å². The van der Waals surface area contributed by atoms with Gasteiger partial charge >= 0.3 is 0 Å². The summed E-state index contributed by atoms with van der Waals surface area (Å²) in [5, 5.41) is 12.5. The van der Waals surface area contributed by atoms with E-state index in [4.69, 9.17) is 5.11 Å². The minimum atomic E-state index is 0.129. The summed E-state index contributed by atoms with van der Waals surface area (Å²) in [6, 6.07) is 8.96. The summed E-state index contributed by atoms with van der Waals surface area (Å²) < 4.78 is 0. The van der Waals surface area contributed by atoms with Crippen LogP contribution in [-0.2, 0) is 13.2 Å². The van der Waals surface area contributed by atoms with E-state index in [0.717, 1.165) is 25.2 Å². The fourth-order valence-electron chi connectivity index (χ4n) is 2.63. The van der Waals surface area contributed by atoms with Gasteiger partial charge in [-0.2, -0.15) is 0 Å². The Bertz CT molecular complexity index is 344. The molecule has 3 nitrogen and oxygen atoms in total. The number of piperidine rings is 1. The largest absolute Gasteiger partial charge is 0.392 e. The maximum Gasteiger partial charge on any atom is 0.0681 e. The monoisotopic (exact) mass is 248 g/mol. The predicted molar refractivity (Wildman–Crippen MR) is 74.3 cm³/mol. The number of nitrogens with zero attached hydrogens (tertiary/aromatic N) is 1. The number of hydrogen-bond acceptors (Lipinski definition) is 3. The summed E-state index contributed by atoms with van der Waals surface area (Å²) in [5.74, 6) is 0. The molecule has 0 saturated carbocycles. The Labute approximate surface area is 110 Å². The maximum absolute atomic E-state index is 9.04. The lowest BCUT2D eigenvalue weighted by molar-refractivity contribution is 0.166. The number of benzene rings is 1. The summed E-state index contributed by atoms with van der Waals surface area (Å²) >= 11 is 0. The van der Waals surface area contributed by atoms with Crippen molar-refractivity contribution in [1.82, 2.24) is 10.2 Å². The Balaban J connectivity index is 1.95. The summed E-state index contributed by atoms with van der Waals surface area (Å²) in [5.41, 5.74) is 2.32. The third-order valence-corrected chi connectivity index (χ3v) is 3.78. The van der Waals surface area contributed by atoms with Crippen molar-refractivity contribution in [2.75, 3.05) is 19.6 Å². The standard InChI is InChI=1S/C15H24N2O/c1-2-17(15-4-3-9-16-10-15)11-13-5-7-14(12-18)8-6-13/h5-8,15-16,18H,2-4,9-12H2,1H3. The van der Waals surface area contributed by atoms with Crippen molar-refractivity contribution in [1.29, 1.82) is 0 Å². The van der Waals surface area contributed by atoms with Crippen molar-refractivity contribution in [2.24, 2.45) is 0 Å². The summed E-state index contributed by atoms with van der Waals surface area (Å²) in [4.78, 5) is 2.54. The second-order valence-corrected chi connectivity index (χ2v) is 5.04. The first kappa shape index (κ1) is 13.5. The molecular weight excluding hydrogens is 224 g/mol. The fraction of sp³-hybridized carbons (Fsp3) is 0.600. The highest BCUT2D eigenvalue weighted by atomic mass is 16.3. The minimum Gasteiger partial charge on any atom is -0.392 e. The van der Waals surface area contributed by atoms with E-state index in [1.165, 1.54) is 24.9 Å². The van der Waals surface area contributed by atoms with Crippen molar-refractivity contribution in [3.05, 3.63) is 35.4 Å². The number of likely N-dealkylation sites (N-methyl/N-ethyl adjacent to an activating group) is 1. The molecule has 3 heteroatoms. The molecule has 1 unspecified atom stereocenters. The Morgan fingerprint density at radius 2 is 2.00 bits per heavy atom. The van der Waals surface area contributed by atoms with Crippen LogP contribution in [0.1, 0.15) is 30.9 Å². The van der Waals surface area contributed by atoms with E-state index in [2.05, 4.69) is 29.3 Å². The Kier molecular flexibility index (Phi) is 5.17. The van der Waals surface area contributed by atoms with Gasteiger partial charge in [0.05, 0.1) is 6.61 Å². The molecule has 2 N–H and O–H groups in total. The lowest BCUT2D eigenvalue weighted by Gasteiger charge is -2.34. The van der Waals surface area contributed by atoms with Gasteiger partial charge in [0.1, 0.15) is 0 Å². The number of hydrogen-bond donors (Lipinski definition) is 2. The first-order valence-electron chi connectivity index (χ1n) is 6.97. The van der Waals surface area contributed by atoms with Crippen LogP contribution in [0.2, 0.25) is 0 Å². The first-order valence-corrected chi connectivity index (χ1v) is 6.97. The first-order chi connectivity index (χ1) is 8.83. The van der Waals surface area contributed by atoms with Gasteiger partial charge < -0.3 is 10.4 Å². The van der Waals surface area contributed by atoms with Crippen LogP contribution in [-0.4, -0.2) is 35.7 Å². The lowest BCUT2D eigenvalue weighted by Crippen LogP contribution is -2.45. The van der Waals surface area contributed by atoms with E-state index in [1.54, 1.807) is 0 Å². The molecule has 2 rings (SSSR count). The highest BCUT2D eigenvalue weighted by Crippen LogP contribution is 2.14. The number of aliphatic hydroxyl groups is 1. The Morgan fingerprint density at radius 3 is 2.56 bits per heavy atom. The van der Waals surface area contributed by atoms with E-state index in [0.29, 0.717) is 6.04 Å². The average Bonchev–Trinajstić information content (AvgIpc) is 2.46. The highest BCUT2D eigenvalue weighted by molar-refractivity contribution is 5.22. The van der Waals surface area contributed by atoms with Gasteiger partial charge in [0.2, 0.25) is 0 Å². The average molecular weight is 248 g/mol. The van der Waals surface area contributed by atoms with Crippen LogP contribution in [0, 0.1) is 0 Å². The highest BCUT2D eigenvalue weighted by Gasteiger charge is 2.19. The van der Waals surface area contributed by atoms with Gasteiger partial charge in [-0.25, -0.2) is 0 Å². The molecule has 0 aromatic heterocycles. The topological polar surface area (TPSA) is 35.5 Å². The molecule has 0 aliphatic carbocycles. The van der Waals surface area contributed by atoms with Crippen LogP contribution >= 0.6 is 0 Å². The van der Waals surface area contributed by atoms with Gasteiger partial charge in [0.25, 0.3) is 0 Å². The van der Waals surface area contributed by atoms with E-state index in [-0.39, 0.29) is 6.61 Å². The molecule has 0 bridgehead atoms. The third-order valence-electron chi connectivity index (χ3n) is 3.78. The zero-order valence-corrected chi connectivity index (χ0v) is 11.2. The Morgan fingerprint density at radius 1 is 1.28 bits per heavy atom. The van der Waals surface area contributed by atoms with Crippen LogP contribution < -0.4 is 5.32 Å². The maximum atomic E-state index is 9.04.